The molecule has 1 aliphatic heterocycles. The summed E-state index contributed by atoms with van der Waals surface area (Å²) in [4.78, 5) is 26.7. The van der Waals surface area contributed by atoms with Gasteiger partial charge in [-0.15, -0.1) is 0 Å². The number of hydrogen-bond donors (Lipinski definition) is 2. The van der Waals surface area contributed by atoms with Gasteiger partial charge in [0.15, 0.2) is 11.4 Å². The maximum absolute atomic E-state index is 14.5. The van der Waals surface area contributed by atoms with Crippen molar-refractivity contribution in [3.63, 3.8) is 0 Å². The molecule has 2 bridgehead atoms. The van der Waals surface area contributed by atoms with E-state index in [0.717, 1.165) is 0 Å². The summed E-state index contributed by atoms with van der Waals surface area (Å²) in [6.45, 7) is 10.8. The van der Waals surface area contributed by atoms with E-state index in [2.05, 4.69) is 40.0 Å². The van der Waals surface area contributed by atoms with Gasteiger partial charge in [0.05, 0.1) is 29.8 Å². The third kappa shape index (κ3) is 4.31. The van der Waals surface area contributed by atoms with Crippen LogP contribution in [0.5, 0.6) is 0 Å². The normalized spacial score (nSPS) is 45.1. The molecule has 0 aromatic heterocycles. The van der Waals surface area contributed by atoms with Crippen molar-refractivity contribution in [1.29, 1.82) is 0 Å². The van der Waals surface area contributed by atoms with Crippen LogP contribution >= 0.6 is 40.0 Å². The fourth-order valence-electron chi connectivity index (χ4n) is 7.90. The Kier molecular flexibility index (Phi) is 9.51. The molecule has 36 heavy (non-hydrogen) atoms. The summed E-state index contributed by atoms with van der Waals surface area (Å²) in [5.74, 6) is -1.81. The second kappa shape index (κ2) is 10.9. The summed E-state index contributed by atoms with van der Waals surface area (Å²) in [5, 5.41) is 23.4. The maximum atomic E-state index is 14.5. The number of aliphatic hydroxyl groups excluding tert-OH is 1. The Labute approximate surface area is 242 Å². The molecule has 11 heteroatoms. The molecule has 3 aliphatic carbocycles. The van der Waals surface area contributed by atoms with Gasteiger partial charge in [-0.3, -0.25) is 9.59 Å². The molecule has 0 spiro atoms. The summed E-state index contributed by atoms with van der Waals surface area (Å²) in [5.41, 5.74) is -3.23. The van der Waals surface area contributed by atoms with Crippen molar-refractivity contribution in [2.45, 2.75) is 90.0 Å². The number of methoxy groups -OCH3 is 2. The third-order valence-electron chi connectivity index (χ3n) is 9.65. The van der Waals surface area contributed by atoms with Crippen molar-refractivity contribution in [3.8, 4) is 0 Å². The number of aliphatic hydroxyl groups is 2. The summed E-state index contributed by atoms with van der Waals surface area (Å²) in [7, 11) is 3.67. The van der Waals surface area contributed by atoms with Crippen LogP contribution in [0.25, 0.3) is 0 Å². The zero-order chi connectivity index (χ0) is 27.4. The van der Waals surface area contributed by atoms with E-state index in [4.69, 9.17) is 18.9 Å². The Morgan fingerprint density at radius 3 is 2.22 bits per heavy atom. The van der Waals surface area contributed by atoms with Crippen LogP contribution in [0.3, 0.4) is 0 Å². The Bertz CT molecular complexity index is 928. The van der Waals surface area contributed by atoms with Crippen LogP contribution in [0.4, 0.5) is 0 Å². The van der Waals surface area contributed by atoms with Crippen LogP contribution in [0.15, 0.2) is 11.1 Å². The number of carbonyl (C=O) groups is 2. The summed E-state index contributed by atoms with van der Waals surface area (Å²) < 4.78 is 23.6. The monoisotopic (exact) mass is 771 g/mol. The number of ketones is 1. The molecule has 4 aliphatic rings. The van der Waals surface area contributed by atoms with Crippen LogP contribution < -0.4 is 0 Å². The van der Waals surface area contributed by atoms with Crippen LogP contribution in [0.1, 0.15) is 54.4 Å². The van der Waals surface area contributed by atoms with Crippen molar-refractivity contribution in [2.24, 2.45) is 22.7 Å². The summed E-state index contributed by atoms with van der Waals surface area (Å²) in [6.07, 6.45) is -2.39. The minimum absolute atomic E-state index is 0.104. The van der Waals surface area contributed by atoms with Crippen molar-refractivity contribution >= 4 is 51.7 Å². The number of esters is 1. The fraction of sp³-hybridized carbons (Fsp3) is 0.840. The van der Waals surface area contributed by atoms with Gasteiger partial charge in [0, 0.05) is 45.3 Å². The topological polar surface area (TPSA) is 112 Å². The van der Waals surface area contributed by atoms with Gasteiger partial charge in [-0.05, 0) is 30.9 Å². The number of rotatable bonds is 3. The minimum atomic E-state index is -1.41. The molecule has 205 valence electrons. The molecule has 8 nitrogen and oxygen atoms in total. The average molecular weight is 771 g/mol. The van der Waals surface area contributed by atoms with Gasteiger partial charge in [-0.25, -0.2) is 0 Å². The first-order chi connectivity index (χ1) is 16.6. The molecule has 0 aromatic carbocycles. The Hall–Kier alpha value is 0.724. The first kappa shape index (κ1) is 31.3. The zero-order valence-electron chi connectivity index (χ0n) is 22.1. The van der Waals surface area contributed by atoms with Crippen molar-refractivity contribution in [3.05, 3.63) is 11.1 Å². The number of Topliss-reactive ketones (excluding diaryl/α,β-unsaturated/α-hetero) is 1. The first-order valence-corrected chi connectivity index (χ1v) is 21.1. The van der Waals surface area contributed by atoms with Gasteiger partial charge in [0.1, 0.15) is 12.2 Å². The van der Waals surface area contributed by atoms with E-state index >= 15 is 0 Å². The summed E-state index contributed by atoms with van der Waals surface area (Å²) in [6, 6.07) is 0. The number of carbonyl (C=O) groups excluding carboxylic acids is 2. The number of fused-ring (bicyclic) bond motifs is 5. The third-order valence-corrected chi connectivity index (χ3v) is 9.65. The van der Waals surface area contributed by atoms with E-state index in [0.29, 0.717) is 27.0 Å². The van der Waals surface area contributed by atoms with E-state index in [1.807, 2.05) is 27.7 Å². The SMILES string of the molecule is COC1C(=O)[C@]2(C)C(OC)CC3OCC3(OC(C)=O)C2C(C)C2(O)CC(O)C(C)=C1C2(C)C.[I][V][I]. The molecule has 8 unspecified atom stereocenters. The Morgan fingerprint density at radius 2 is 1.78 bits per heavy atom. The van der Waals surface area contributed by atoms with Gasteiger partial charge in [-0.1, -0.05) is 20.8 Å². The summed E-state index contributed by atoms with van der Waals surface area (Å²) >= 11 is 4.74. The molecular weight excluding hydrogens is 733 g/mol. The average Bonchev–Trinajstić information content (AvgIpc) is 2.78. The van der Waals surface area contributed by atoms with Crippen LogP contribution in [-0.4, -0.2) is 78.4 Å². The number of hydrogen-bond acceptors (Lipinski definition) is 8. The Balaban J connectivity index is 0.00000115. The van der Waals surface area contributed by atoms with Crippen molar-refractivity contribution in [2.75, 3.05) is 20.8 Å². The van der Waals surface area contributed by atoms with Crippen LogP contribution in [0, 0.1) is 22.7 Å². The standard InChI is InChI=1S/C25H38O8.2HI.V/c1-12-15(27)10-25(29)13(2)20-23(6,21(28)19(31-8)18(12)22(25,4)5)16(30-7)9-17-24(20,11-32-17)33-14(3)26;;;/h13,15-17,19-20,27,29H,9-11H2,1-8H3;2*1H;/q;;;+2/p-2/t13?,15?,16?,17?,19?,20?,23-,24?,25?;;;/m1.../s1. The van der Waals surface area contributed by atoms with E-state index in [1.54, 1.807) is 14.0 Å². The van der Waals surface area contributed by atoms with E-state index in [9.17, 15) is 19.8 Å². The van der Waals surface area contributed by atoms with Gasteiger partial charge in [0.25, 0.3) is 0 Å². The predicted octanol–water partition coefficient (Wildman–Crippen LogP) is 3.57. The number of ether oxygens (including phenoxy) is 4. The molecule has 2 N–H and O–H groups in total. The molecule has 2 saturated carbocycles. The van der Waals surface area contributed by atoms with E-state index in [-0.39, 0.29) is 18.8 Å². The van der Waals surface area contributed by atoms with E-state index in [1.165, 1.54) is 14.0 Å². The zero-order valence-corrected chi connectivity index (χ0v) is 27.8. The van der Waals surface area contributed by atoms with Crippen LogP contribution in [0.2, 0.25) is 0 Å². The van der Waals surface area contributed by atoms with Gasteiger partial charge in [0.2, 0.25) is 0 Å². The first-order valence-electron chi connectivity index (χ1n) is 12.1. The predicted molar refractivity (Wildman–Crippen MR) is 146 cm³/mol. The second-order valence-corrected chi connectivity index (χ2v) is 23.1. The molecule has 0 aromatic rings. The van der Waals surface area contributed by atoms with Crippen molar-refractivity contribution in [1.82, 2.24) is 0 Å². The van der Waals surface area contributed by atoms with Gasteiger partial charge in [-0.2, -0.15) is 0 Å². The van der Waals surface area contributed by atoms with Crippen molar-refractivity contribution < 1.29 is 48.2 Å². The molecule has 1 saturated heterocycles. The van der Waals surface area contributed by atoms with Crippen LogP contribution in [-0.2, 0) is 38.0 Å². The molecule has 9 atom stereocenters. The number of halogens is 2. The molecule has 4 rings (SSSR count). The molecule has 1 heterocycles. The molecule has 3 fully saturated rings. The quantitative estimate of drug-likeness (QED) is 0.255. The molecule has 0 amide bonds. The van der Waals surface area contributed by atoms with Gasteiger partial charge < -0.3 is 29.2 Å². The molecular formula is C25H38I2O8V. The molecule has 0 radical (unpaired) electrons. The Morgan fingerprint density at radius 1 is 1.19 bits per heavy atom. The fourth-order valence-corrected chi connectivity index (χ4v) is 7.90. The van der Waals surface area contributed by atoms with E-state index < -0.39 is 64.3 Å². The second-order valence-electron chi connectivity index (χ2n) is 11.3. The van der Waals surface area contributed by atoms with Gasteiger partial charge >= 0.3 is 55.4 Å².